The van der Waals surface area contributed by atoms with Crippen molar-refractivity contribution in [3.05, 3.63) is 22.6 Å². The van der Waals surface area contributed by atoms with Gasteiger partial charge in [-0.15, -0.1) is 0 Å². The van der Waals surface area contributed by atoms with Crippen molar-refractivity contribution in [2.75, 3.05) is 18.0 Å². The molecule has 1 fully saturated rings. The Morgan fingerprint density at radius 2 is 2.38 bits per heavy atom. The van der Waals surface area contributed by atoms with E-state index in [1.54, 1.807) is 6.20 Å². The average Bonchev–Trinajstić information content (AvgIpc) is 2.22. The minimum absolute atomic E-state index is 0.151. The van der Waals surface area contributed by atoms with Crippen LogP contribution >= 0.6 is 15.9 Å². The fraction of sp³-hybridized carbons (Fsp3) is 0.545. The Labute approximate surface area is 102 Å². The number of hydrogen-bond acceptors (Lipinski definition) is 3. The SMILES string of the molecule is CC1CN(c2ncc(Br)cc2F)CCC1O. The van der Waals surface area contributed by atoms with Crippen LogP contribution in [0.4, 0.5) is 10.2 Å². The van der Waals surface area contributed by atoms with Crippen LogP contribution < -0.4 is 4.90 Å². The Balaban J connectivity index is 2.18. The van der Waals surface area contributed by atoms with Crippen molar-refractivity contribution < 1.29 is 9.50 Å². The van der Waals surface area contributed by atoms with Crippen molar-refractivity contribution in [2.45, 2.75) is 19.4 Å². The van der Waals surface area contributed by atoms with E-state index < -0.39 is 0 Å². The van der Waals surface area contributed by atoms with Gasteiger partial charge >= 0.3 is 0 Å². The van der Waals surface area contributed by atoms with Crippen LogP contribution in [0.1, 0.15) is 13.3 Å². The van der Waals surface area contributed by atoms with E-state index in [1.165, 1.54) is 6.07 Å². The fourth-order valence-corrected chi connectivity index (χ4v) is 2.27. The second kappa shape index (κ2) is 4.67. The zero-order valence-corrected chi connectivity index (χ0v) is 10.6. The zero-order chi connectivity index (χ0) is 11.7. The van der Waals surface area contributed by atoms with Crippen molar-refractivity contribution >= 4 is 21.7 Å². The van der Waals surface area contributed by atoms with Crippen molar-refractivity contribution in [2.24, 2.45) is 5.92 Å². The largest absolute Gasteiger partial charge is 0.393 e. The predicted molar refractivity (Wildman–Crippen MR) is 63.9 cm³/mol. The molecule has 2 heterocycles. The second-order valence-corrected chi connectivity index (χ2v) is 5.15. The maximum atomic E-state index is 13.7. The minimum atomic E-state index is -0.321. The third-order valence-corrected chi connectivity index (χ3v) is 3.38. The third kappa shape index (κ3) is 2.35. The summed E-state index contributed by atoms with van der Waals surface area (Å²) in [6.45, 7) is 3.26. The van der Waals surface area contributed by atoms with Gasteiger partial charge in [0, 0.05) is 23.8 Å². The maximum absolute atomic E-state index is 13.7. The molecule has 2 unspecified atom stereocenters. The molecule has 0 bridgehead atoms. The third-order valence-electron chi connectivity index (χ3n) is 2.95. The Hall–Kier alpha value is -0.680. The van der Waals surface area contributed by atoms with Gasteiger partial charge in [-0.25, -0.2) is 9.37 Å². The summed E-state index contributed by atoms with van der Waals surface area (Å²) in [5.41, 5.74) is 0. The van der Waals surface area contributed by atoms with Crippen LogP contribution in [0.25, 0.3) is 0 Å². The summed E-state index contributed by atoms with van der Waals surface area (Å²) in [5, 5.41) is 9.61. The molecular weight excluding hydrogens is 275 g/mol. The fourth-order valence-electron chi connectivity index (χ4n) is 1.97. The highest BCUT2D eigenvalue weighted by molar-refractivity contribution is 9.10. The Morgan fingerprint density at radius 1 is 1.62 bits per heavy atom. The molecule has 1 aliphatic heterocycles. The highest BCUT2D eigenvalue weighted by Crippen LogP contribution is 2.25. The number of hydrogen-bond donors (Lipinski definition) is 1. The van der Waals surface area contributed by atoms with Crippen LogP contribution in [0, 0.1) is 11.7 Å². The summed E-state index contributed by atoms with van der Waals surface area (Å²) in [7, 11) is 0. The number of aliphatic hydroxyl groups is 1. The number of halogens is 2. The van der Waals surface area contributed by atoms with E-state index in [0.29, 0.717) is 29.8 Å². The lowest BCUT2D eigenvalue weighted by atomic mass is 9.97. The van der Waals surface area contributed by atoms with Crippen LogP contribution in [0.15, 0.2) is 16.7 Å². The molecule has 1 aliphatic rings. The highest BCUT2D eigenvalue weighted by atomic mass is 79.9. The molecule has 0 radical (unpaired) electrons. The van der Waals surface area contributed by atoms with Crippen molar-refractivity contribution in [1.29, 1.82) is 0 Å². The van der Waals surface area contributed by atoms with E-state index in [4.69, 9.17) is 0 Å². The van der Waals surface area contributed by atoms with E-state index in [1.807, 2.05) is 11.8 Å². The monoisotopic (exact) mass is 288 g/mol. The molecule has 0 saturated carbocycles. The number of rotatable bonds is 1. The molecule has 1 saturated heterocycles. The van der Waals surface area contributed by atoms with E-state index >= 15 is 0 Å². The number of piperidine rings is 1. The molecule has 0 aliphatic carbocycles. The molecular formula is C11H14BrFN2O. The van der Waals surface area contributed by atoms with Gasteiger partial charge in [0.15, 0.2) is 11.6 Å². The molecule has 0 spiro atoms. The molecule has 1 N–H and O–H groups in total. The second-order valence-electron chi connectivity index (χ2n) is 4.24. The normalized spacial score (nSPS) is 25.9. The highest BCUT2D eigenvalue weighted by Gasteiger charge is 2.26. The molecule has 88 valence electrons. The van der Waals surface area contributed by atoms with Crippen LogP contribution in [-0.2, 0) is 0 Å². The Morgan fingerprint density at radius 3 is 3.00 bits per heavy atom. The maximum Gasteiger partial charge on any atom is 0.166 e. The van der Waals surface area contributed by atoms with E-state index in [0.717, 1.165) is 0 Å². The molecule has 5 heteroatoms. The van der Waals surface area contributed by atoms with Gasteiger partial charge in [-0.2, -0.15) is 0 Å². The molecule has 0 amide bonds. The lowest BCUT2D eigenvalue weighted by molar-refractivity contribution is 0.0966. The van der Waals surface area contributed by atoms with Gasteiger partial charge < -0.3 is 10.0 Å². The van der Waals surface area contributed by atoms with Gasteiger partial charge in [-0.05, 0) is 34.3 Å². The number of aliphatic hydroxyl groups excluding tert-OH is 1. The quantitative estimate of drug-likeness (QED) is 0.861. The molecule has 2 rings (SSSR count). The molecule has 16 heavy (non-hydrogen) atoms. The zero-order valence-electron chi connectivity index (χ0n) is 9.03. The first kappa shape index (κ1) is 11.8. The topological polar surface area (TPSA) is 36.4 Å². The van der Waals surface area contributed by atoms with Crippen molar-refractivity contribution in [1.82, 2.24) is 4.98 Å². The van der Waals surface area contributed by atoms with E-state index in [-0.39, 0.29) is 17.8 Å². The molecule has 2 atom stereocenters. The van der Waals surface area contributed by atoms with Crippen molar-refractivity contribution in [3.8, 4) is 0 Å². The van der Waals surface area contributed by atoms with Crippen molar-refractivity contribution in [3.63, 3.8) is 0 Å². The summed E-state index contributed by atoms with van der Waals surface area (Å²) >= 11 is 3.18. The van der Waals surface area contributed by atoms with Crippen LogP contribution in [0.5, 0.6) is 0 Å². The van der Waals surface area contributed by atoms with Crippen LogP contribution in [0.3, 0.4) is 0 Å². The van der Waals surface area contributed by atoms with Gasteiger partial charge in [0.1, 0.15) is 0 Å². The summed E-state index contributed by atoms with van der Waals surface area (Å²) in [6.07, 6.45) is 1.97. The summed E-state index contributed by atoms with van der Waals surface area (Å²) < 4.78 is 14.3. The molecule has 0 aromatic carbocycles. The molecule has 3 nitrogen and oxygen atoms in total. The minimum Gasteiger partial charge on any atom is -0.393 e. The van der Waals surface area contributed by atoms with Gasteiger partial charge in [0.05, 0.1) is 6.10 Å². The van der Waals surface area contributed by atoms with Gasteiger partial charge in [0.25, 0.3) is 0 Å². The summed E-state index contributed by atoms with van der Waals surface area (Å²) in [5.74, 6) is 0.207. The van der Waals surface area contributed by atoms with Gasteiger partial charge in [0.2, 0.25) is 0 Å². The molecule has 1 aromatic rings. The van der Waals surface area contributed by atoms with Gasteiger partial charge in [-0.3, -0.25) is 0 Å². The van der Waals surface area contributed by atoms with E-state index in [2.05, 4.69) is 20.9 Å². The van der Waals surface area contributed by atoms with E-state index in [9.17, 15) is 9.50 Å². The first-order chi connectivity index (χ1) is 7.58. The smallest absolute Gasteiger partial charge is 0.166 e. The first-order valence-corrected chi connectivity index (χ1v) is 6.11. The number of nitrogens with zero attached hydrogens (tertiary/aromatic N) is 2. The summed E-state index contributed by atoms with van der Waals surface area (Å²) in [4.78, 5) is 5.97. The summed E-state index contributed by atoms with van der Waals surface area (Å²) in [6, 6.07) is 1.41. The Bertz CT molecular complexity index is 388. The Kier molecular flexibility index (Phi) is 3.44. The lowest BCUT2D eigenvalue weighted by Crippen LogP contribution is -2.42. The number of pyridine rings is 1. The average molecular weight is 289 g/mol. The predicted octanol–water partition coefficient (Wildman–Crippen LogP) is 2.19. The van der Waals surface area contributed by atoms with Crippen LogP contribution in [0.2, 0.25) is 0 Å². The lowest BCUT2D eigenvalue weighted by Gasteiger charge is -2.35. The first-order valence-electron chi connectivity index (χ1n) is 5.32. The van der Waals surface area contributed by atoms with Crippen LogP contribution in [-0.4, -0.2) is 29.3 Å². The number of anilines is 1. The standard InChI is InChI=1S/C11H14BrFN2O/c1-7-6-15(3-2-10(7)16)11-9(13)4-8(12)5-14-11/h4-5,7,10,16H,2-3,6H2,1H3. The number of aromatic nitrogens is 1. The molecule has 1 aromatic heterocycles. The van der Waals surface area contributed by atoms with Gasteiger partial charge in [-0.1, -0.05) is 6.92 Å².